The average molecular weight is 276 g/mol. The maximum atomic E-state index is 10.1. The predicted molar refractivity (Wildman–Crippen MR) is 73.3 cm³/mol. The second kappa shape index (κ2) is 11.3. The van der Waals surface area contributed by atoms with Crippen LogP contribution in [0.25, 0.3) is 0 Å². The zero-order valence-corrected chi connectivity index (χ0v) is 11.1. The van der Waals surface area contributed by atoms with E-state index in [1.54, 1.807) is 0 Å². The Morgan fingerprint density at radius 2 is 1.95 bits per heavy atom. The van der Waals surface area contributed by atoms with E-state index in [1.165, 1.54) is 12.8 Å². The van der Waals surface area contributed by atoms with Gasteiger partial charge in [-0.1, -0.05) is 7.43 Å². The Labute approximate surface area is 116 Å². The summed E-state index contributed by atoms with van der Waals surface area (Å²) in [5.74, 6) is 0.231. The molecule has 0 aliphatic carbocycles. The summed E-state index contributed by atoms with van der Waals surface area (Å²) < 4.78 is 14.7. The quantitative estimate of drug-likeness (QED) is 0.727. The molecule has 3 fully saturated rings. The zero-order valence-electron chi connectivity index (χ0n) is 11.1. The highest BCUT2D eigenvalue weighted by atomic mass is 16.5. The third-order valence-corrected chi connectivity index (χ3v) is 2.85. The van der Waals surface area contributed by atoms with Crippen molar-refractivity contribution in [3.63, 3.8) is 0 Å². The zero-order chi connectivity index (χ0) is 13.2. The molecule has 0 aromatic carbocycles. The smallest absolute Gasteiger partial charge is 0.160 e. The molecule has 0 saturated carbocycles. The Hall–Kier alpha value is -0.490. The van der Waals surface area contributed by atoms with E-state index in [0.717, 1.165) is 19.6 Å². The van der Waals surface area contributed by atoms with Crippen LogP contribution in [-0.4, -0.2) is 56.1 Å². The van der Waals surface area contributed by atoms with Crippen LogP contribution >= 0.6 is 0 Å². The molecule has 0 spiro atoms. The molecule has 114 valence electrons. The van der Waals surface area contributed by atoms with Gasteiger partial charge in [0.25, 0.3) is 0 Å². The molecule has 19 heavy (non-hydrogen) atoms. The highest BCUT2D eigenvalue weighted by Crippen LogP contribution is 2.09. The van der Waals surface area contributed by atoms with E-state index in [2.05, 4.69) is 6.92 Å². The lowest BCUT2D eigenvalue weighted by molar-refractivity contribution is -0.117. The fraction of sp³-hybridized carbons (Fsp3) is 0.929. The lowest BCUT2D eigenvalue weighted by Crippen LogP contribution is -2.02. The van der Waals surface area contributed by atoms with Crippen molar-refractivity contribution in [3.05, 3.63) is 0 Å². The summed E-state index contributed by atoms with van der Waals surface area (Å²) in [7, 11) is 0. The highest BCUT2D eigenvalue weighted by Gasteiger charge is 2.09. The third kappa shape index (κ3) is 10.0. The number of carbonyl (C=O) groups excluding carboxylic acids is 1. The highest BCUT2D eigenvalue weighted by molar-refractivity contribution is 5.81. The number of hydrogen-bond acceptors (Lipinski definition) is 5. The molecule has 0 radical (unpaired) electrons. The SMILES string of the molecule is C.CC1CCCO1.O=C1CCOC1.OC1CCOC1. The van der Waals surface area contributed by atoms with Crippen LogP contribution in [0, 0.1) is 0 Å². The van der Waals surface area contributed by atoms with Crippen molar-refractivity contribution in [2.24, 2.45) is 0 Å². The van der Waals surface area contributed by atoms with E-state index in [-0.39, 0.29) is 19.3 Å². The first-order chi connectivity index (χ1) is 8.68. The summed E-state index contributed by atoms with van der Waals surface area (Å²) in [4.78, 5) is 10.1. The molecule has 3 aliphatic heterocycles. The number of aliphatic hydroxyl groups excluding tert-OH is 1. The fourth-order valence-corrected chi connectivity index (χ4v) is 1.70. The molecule has 0 bridgehead atoms. The number of carbonyl (C=O) groups is 1. The van der Waals surface area contributed by atoms with Gasteiger partial charge < -0.3 is 19.3 Å². The van der Waals surface area contributed by atoms with E-state index in [4.69, 9.17) is 19.3 Å². The van der Waals surface area contributed by atoms with Gasteiger partial charge in [0.05, 0.1) is 25.4 Å². The second-order valence-electron chi connectivity index (χ2n) is 4.68. The van der Waals surface area contributed by atoms with Gasteiger partial charge in [0.1, 0.15) is 6.61 Å². The monoisotopic (exact) mass is 276 g/mol. The van der Waals surface area contributed by atoms with Gasteiger partial charge in [0.2, 0.25) is 0 Å². The van der Waals surface area contributed by atoms with Gasteiger partial charge >= 0.3 is 0 Å². The summed E-state index contributed by atoms with van der Waals surface area (Å²) in [5, 5.41) is 8.60. The first-order valence-corrected chi connectivity index (χ1v) is 6.65. The molecular weight excluding hydrogens is 248 g/mol. The number of hydrogen-bond donors (Lipinski definition) is 1. The maximum Gasteiger partial charge on any atom is 0.160 e. The third-order valence-electron chi connectivity index (χ3n) is 2.85. The van der Waals surface area contributed by atoms with Crippen LogP contribution in [0.4, 0.5) is 0 Å². The average Bonchev–Trinajstić information content (AvgIpc) is 3.05. The van der Waals surface area contributed by atoms with Gasteiger partial charge in [0.15, 0.2) is 5.78 Å². The minimum Gasteiger partial charge on any atom is -0.391 e. The van der Waals surface area contributed by atoms with E-state index in [1.807, 2.05) is 0 Å². The lowest BCUT2D eigenvalue weighted by Gasteiger charge is -1.94. The second-order valence-corrected chi connectivity index (χ2v) is 4.68. The molecule has 0 aromatic heterocycles. The lowest BCUT2D eigenvalue weighted by atomic mass is 10.3. The molecule has 3 aliphatic rings. The summed E-state index contributed by atoms with van der Waals surface area (Å²) in [6.07, 6.45) is 4.34. The molecule has 0 amide bonds. The van der Waals surface area contributed by atoms with Gasteiger partial charge in [0, 0.05) is 19.6 Å². The van der Waals surface area contributed by atoms with Gasteiger partial charge in [-0.05, 0) is 26.2 Å². The van der Waals surface area contributed by atoms with E-state index < -0.39 is 0 Å². The minimum absolute atomic E-state index is 0. The Morgan fingerprint density at radius 3 is 2.11 bits per heavy atom. The molecule has 2 atom stereocenters. The largest absolute Gasteiger partial charge is 0.391 e. The molecule has 5 heteroatoms. The number of ether oxygens (including phenoxy) is 3. The number of rotatable bonds is 0. The molecule has 2 unspecified atom stereocenters. The maximum absolute atomic E-state index is 10.1. The van der Waals surface area contributed by atoms with Gasteiger partial charge in [-0.25, -0.2) is 0 Å². The van der Waals surface area contributed by atoms with E-state index >= 15 is 0 Å². The fourth-order valence-electron chi connectivity index (χ4n) is 1.70. The van der Waals surface area contributed by atoms with Crippen molar-refractivity contribution in [3.8, 4) is 0 Å². The molecule has 5 nitrogen and oxygen atoms in total. The summed E-state index contributed by atoms with van der Waals surface area (Å²) in [5.41, 5.74) is 0. The van der Waals surface area contributed by atoms with Crippen molar-refractivity contribution in [1.29, 1.82) is 0 Å². The Bertz CT molecular complexity index is 198. The minimum atomic E-state index is -0.176. The summed E-state index contributed by atoms with van der Waals surface area (Å²) in [6, 6.07) is 0. The van der Waals surface area contributed by atoms with Crippen LogP contribution < -0.4 is 0 Å². The van der Waals surface area contributed by atoms with Gasteiger partial charge in [-0.2, -0.15) is 0 Å². The molecule has 3 rings (SSSR count). The van der Waals surface area contributed by atoms with Crippen LogP contribution in [0.3, 0.4) is 0 Å². The number of Topliss-reactive ketones (excluding diaryl/α,β-unsaturated/α-hetero) is 1. The van der Waals surface area contributed by atoms with Crippen LogP contribution in [0.15, 0.2) is 0 Å². The van der Waals surface area contributed by atoms with Crippen molar-refractivity contribution >= 4 is 5.78 Å². The van der Waals surface area contributed by atoms with Crippen LogP contribution in [-0.2, 0) is 19.0 Å². The number of ketones is 1. The van der Waals surface area contributed by atoms with E-state index in [9.17, 15) is 4.79 Å². The predicted octanol–water partition coefficient (Wildman–Crippen LogP) is 1.56. The number of aliphatic hydroxyl groups is 1. The van der Waals surface area contributed by atoms with Crippen molar-refractivity contribution in [2.75, 3.05) is 33.0 Å². The van der Waals surface area contributed by atoms with Crippen molar-refractivity contribution < 1.29 is 24.1 Å². The first-order valence-electron chi connectivity index (χ1n) is 6.65. The summed E-state index contributed by atoms with van der Waals surface area (Å²) >= 11 is 0. The van der Waals surface area contributed by atoms with Gasteiger partial charge in [-0.3, -0.25) is 4.79 Å². The van der Waals surface area contributed by atoms with Crippen LogP contribution in [0.2, 0.25) is 0 Å². The standard InChI is InChI=1S/C5H10O.C4H8O2.C4H6O2.CH4/c1-5-3-2-4-6-5;2*5-4-1-2-6-3-4;/h5H,2-4H2,1H3;4-5H,1-3H2;1-3H2;1H4. The molecule has 0 aromatic rings. The summed E-state index contributed by atoms with van der Waals surface area (Å²) in [6.45, 7) is 5.37. The van der Waals surface area contributed by atoms with E-state index in [0.29, 0.717) is 32.3 Å². The Balaban J connectivity index is 0.000000249. The van der Waals surface area contributed by atoms with Crippen molar-refractivity contribution in [2.45, 2.75) is 52.2 Å². The molecule has 3 heterocycles. The normalized spacial score (nSPS) is 28.8. The Kier molecular flexibility index (Phi) is 11.1. The van der Waals surface area contributed by atoms with Crippen LogP contribution in [0.5, 0.6) is 0 Å². The topological polar surface area (TPSA) is 65.0 Å². The molecule has 3 saturated heterocycles. The Morgan fingerprint density at radius 1 is 1.16 bits per heavy atom. The first kappa shape index (κ1) is 18.5. The van der Waals surface area contributed by atoms with Gasteiger partial charge in [-0.15, -0.1) is 0 Å². The molecular formula is C14H28O5. The van der Waals surface area contributed by atoms with Crippen molar-refractivity contribution in [1.82, 2.24) is 0 Å². The van der Waals surface area contributed by atoms with Crippen LogP contribution in [0.1, 0.15) is 40.0 Å². The molecule has 1 N–H and O–H groups in total.